The van der Waals surface area contributed by atoms with Crippen molar-refractivity contribution in [3.63, 3.8) is 0 Å². The van der Waals surface area contributed by atoms with Crippen LogP contribution in [0.15, 0.2) is 66.9 Å². The highest BCUT2D eigenvalue weighted by molar-refractivity contribution is 5.95. The molecule has 1 aromatic heterocycles. The Labute approximate surface area is 142 Å². The van der Waals surface area contributed by atoms with Gasteiger partial charge in [-0.15, -0.1) is 0 Å². The first-order valence-corrected chi connectivity index (χ1v) is 8.01. The molecule has 0 aliphatic heterocycles. The topological polar surface area (TPSA) is 38.1 Å². The third-order valence-corrected chi connectivity index (χ3v) is 4.42. The zero-order valence-corrected chi connectivity index (χ0v) is 14.2. The minimum absolute atomic E-state index is 0.00169. The first-order valence-electron chi connectivity index (χ1n) is 8.01. The molecule has 1 unspecified atom stereocenters. The number of rotatable bonds is 4. The van der Waals surface area contributed by atoms with Crippen LogP contribution < -0.4 is 0 Å². The van der Waals surface area contributed by atoms with Crippen LogP contribution in [0, 0.1) is 6.92 Å². The predicted molar refractivity (Wildman–Crippen MR) is 95.3 cm³/mol. The van der Waals surface area contributed by atoms with Crippen molar-refractivity contribution in [1.82, 2.24) is 14.7 Å². The van der Waals surface area contributed by atoms with E-state index in [0.29, 0.717) is 5.56 Å². The highest BCUT2D eigenvalue weighted by atomic mass is 16.2. The van der Waals surface area contributed by atoms with E-state index in [9.17, 15) is 4.79 Å². The van der Waals surface area contributed by atoms with Crippen LogP contribution in [0.4, 0.5) is 0 Å². The van der Waals surface area contributed by atoms with E-state index in [4.69, 9.17) is 0 Å². The fourth-order valence-corrected chi connectivity index (χ4v) is 2.77. The molecule has 0 radical (unpaired) electrons. The van der Waals surface area contributed by atoms with Crippen molar-refractivity contribution in [3.8, 4) is 5.69 Å². The van der Waals surface area contributed by atoms with Gasteiger partial charge in [-0.25, -0.2) is 4.68 Å². The molecule has 0 spiro atoms. The highest BCUT2D eigenvalue weighted by Crippen LogP contribution is 2.22. The summed E-state index contributed by atoms with van der Waals surface area (Å²) in [6, 6.07) is 19.9. The van der Waals surface area contributed by atoms with Crippen molar-refractivity contribution < 1.29 is 4.79 Å². The lowest BCUT2D eigenvalue weighted by Crippen LogP contribution is -2.30. The maximum absolute atomic E-state index is 12.9. The maximum atomic E-state index is 12.9. The van der Waals surface area contributed by atoms with Crippen LogP contribution in [0.1, 0.15) is 34.6 Å². The fourth-order valence-electron chi connectivity index (χ4n) is 2.77. The first-order chi connectivity index (χ1) is 11.6. The molecular weight excluding hydrogens is 298 g/mol. The number of carbonyl (C=O) groups is 1. The number of hydrogen-bond donors (Lipinski definition) is 0. The molecule has 24 heavy (non-hydrogen) atoms. The predicted octanol–water partition coefficient (Wildman–Crippen LogP) is 4.01. The van der Waals surface area contributed by atoms with Gasteiger partial charge < -0.3 is 4.90 Å². The van der Waals surface area contributed by atoms with E-state index < -0.39 is 0 Å². The Hall–Kier alpha value is -2.88. The second-order valence-corrected chi connectivity index (χ2v) is 5.89. The lowest BCUT2D eigenvalue weighted by Gasteiger charge is -2.25. The molecular formula is C20H21N3O. The van der Waals surface area contributed by atoms with Gasteiger partial charge in [0.2, 0.25) is 0 Å². The van der Waals surface area contributed by atoms with Crippen molar-refractivity contribution in [2.75, 3.05) is 7.05 Å². The van der Waals surface area contributed by atoms with Crippen LogP contribution in [-0.4, -0.2) is 27.6 Å². The molecule has 1 atom stereocenters. The number of aromatic nitrogens is 2. The second-order valence-electron chi connectivity index (χ2n) is 5.89. The molecule has 0 aliphatic carbocycles. The summed E-state index contributed by atoms with van der Waals surface area (Å²) in [5.41, 5.74) is 3.54. The average molecular weight is 319 g/mol. The van der Waals surface area contributed by atoms with Crippen molar-refractivity contribution in [2.45, 2.75) is 19.9 Å². The molecule has 4 heteroatoms. The van der Waals surface area contributed by atoms with Crippen LogP contribution in [0.25, 0.3) is 5.69 Å². The molecule has 4 nitrogen and oxygen atoms in total. The third kappa shape index (κ3) is 2.95. The highest BCUT2D eigenvalue weighted by Gasteiger charge is 2.22. The minimum Gasteiger partial charge on any atom is -0.335 e. The Morgan fingerprint density at radius 1 is 1.04 bits per heavy atom. The van der Waals surface area contributed by atoms with E-state index in [1.807, 2.05) is 81.6 Å². The average Bonchev–Trinajstić information content (AvgIpc) is 3.02. The molecule has 3 aromatic rings. The molecule has 0 bridgehead atoms. The zero-order valence-electron chi connectivity index (χ0n) is 14.2. The molecule has 3 rings (SSSR count). The smallest absolute Gasteiger partial charge is 0.257 e. The lowest BCUT2D eigenvalue weighted by molar-refractivity contribution is 0.0742. The Bertz CT molecular complexity index is 825. The summed E-state index contributed by atoms with van der Waals surface area (Å²) < 4.78 is 1.80. The van der Waals surface area contributed by atoms with Gasteiger partial charge in [0.05, 0.1) is 29.2 Å². The molecule has 0 aliphatic rings. The van der Waals surface area contributed by atoms with Gasteiger partial charge in [-0.1, -0.05) is 48.5 Å². The molecule has 0 saturated carbocycles. The summed E-state index contributed by atoms with van der Waals surface area (Å²) in [4.78, 5) is 14.7. The number of carbonyl (C=O) groups excluding carboxylic acids is 1. The lowest BCUT2D eigenvalue weighted by atomic mass is 10.1. The summed E-state index contributed by atoms with van der Waals surface area (Å²) in [6.45, 7) is 3.96. The number of nitrogens with zero attached hydrogens (tertiary/aromatic N) is 3. The van der Waals surface area contributed by atoms with Crippen molar-refractivity contribution >= 4 is 5.91 Å². The van der Waals surface area contributed by atoms with Gasteiger partial charge in [0, 0.05) is 7.05 Å². The fraction of sp³-hybridized carbons (Fsp3) is 0.200. The zero-order chi connectivity index (χ0) is 17.1. The Balaban J connectivity index is 1.87. The Kier molecular flexibility index (Phi) is 4.47. The Morgan fingerprint density at radius 2 is 1.62 bits per heavy atom. The monoisotopic (exact) mass is 319 g/mol. The standard InChI is InChI=1S/C20H21N3O/c1-15(17-10-6-4-7-11-17)22(3)20(24)19-14-21-23(16(19)2)18-12-8-5-9-13-18/h4-15H,1-3H3. The van der Waals surface area contributed by atoms with Gasteiger partial charge in [-0.05, 0) is 31.5 Å². The minimum atomic E-state index is -0.0222. The van der Waals surface area contributed by atoms with E-state index in [1.54, 1.807) is 15.8 Å². The van der Waals surface area contributed by atoms with Gasteiger partial charge in [-0.2, -0.15) is 5.10 Å². The third-order valence-electron chi connectivity index (χ3n) is 4.42. The van der Waals surface area contributed by atoms with Gasteiger partial charge in [0.1, 0.15) is 0 Å². The molecule has 0 N–H and O–H groups in total. The molecule has 1 heterocycles. The Morgan fingerprint density at radius 3 is 2.25 bits per heavy atom. The number of para-hydroxylation sites is 1. The molecule has 1 amide bonds. The van der Waals surface area contributed by atoms with Crippen LogP contribution >= 0.6 is 0 Å². The summed E-state index contributed by atoms with van der Waals surface area (Å²) >= 11 is 0. The first kappa shape index (κ1) is 16.0. The number of amides is 1. The summed E-state index contributed by atoms with van der Waals surface area (Å²) in [5.74, 6) is -0.0222. The molecule has 122 valence electrons. The van der Waals surface area contributed by atoms with Crippen molar-refractivity contribution in [1.29, 1.82) is 0 Å². The SMILES string of the molecule is Cc1c(C(=O)N(C)C(C)c2ccccc2)cnn1-c1ccccc1. The number of benzene rings is 2. The van der Waals surface area contributed by atoms with E-state index in [2.05, 4.69) is 5.10 Å². The maximum Gasteiger partial charge on any atom is 0.257 e. The summed E-state index contributed by atoms with van der Waals surface area (Å²) in [5, 5.41) is 4.39. The normalized spacial score (nSPS) is 12.0. The quantitative estimate of drug-likeness (QED) is 0.728. The van der Waals surface area contributed by atoms with Crippen LogP contribution in [0.2, 0.25) is 0 Å². The van der Waals surface area contributed by atoms with E-state index >= 15 is 0 Å². The van der Waals surface area contributed by atoms with Crippen LogP contribution in [-0.2, 0) is 0 Å². The number of hydrogen-bond acceptors (Lipinski definition) is 2. The van der Waals surface area contributed by atoms with Gasteiger partial charge in [0.15, 0.2) is 0 Å². The summed E-state index contributed by atoms with van der Waals surface area (Å²) in [7, 11) is 1.83. The molecule has 0 saturated heterocycles. The van der Waals surface area contributed by atoms with E-state index in [0.717, 1.165) is 16.9 Å². The van der Waals surface area contributed by atoms with Gasteiger partial charge in [0.25, 0.3) is 5.91 Å². The van der Waals surface area contributed by atoms with Crippen LogP contribution in [0.3, 0.4) is 0 Å². The van der Waals surface area contributed by atoms with Crippen LogP contribution in [0.5, 0.6) is 0 Å². The van der Waals surface area contributed by atoms with Crippen molar-refractivity contribution in [3.05, 3.63) is 83.7 Å². The second kappa shape index (κ2) is 6.71. The van der Waals surface area contributed by atoms with Crippen molar-refractivity contribution in [2.24, 2.45) is 0 Å². The summed E-state index contributed by atoms with van der Waals surface area (Å²) in [6.07, 6.45) is 1.65. The van der Waals surface area contributed by atoms with Gasteiger partial charge >= 0.3 is 0 Å². The molecule has 0 fully saturated rings. The van der Waals surface area contributed by atoms with E-state index in [-0.39, 0.29) is 11.9 Å². The largest absolute Gasteiger partial charge is 0.335 e. The van der Waals surface area contributed by atoms with Gasteiger partial charge in [-0.3, -0.25) is 4.79 Å². The molecule has 2 aromatic carbocycles. The van der Waals surface area contributed by atoms with E-state index in [1.165, 1.54) is 0 Å².